The molecule has 132 valence electrons. The van der Waals surface area contributed by atoms with E-state index in [1.54, 1.807) is 12.1 Å². The van der Waals surface area contributed by atoms with Gasteiger partial charge in [-0.1, -0.05) is 0 Å². The number of benzene rings is 2. The molecule has 1 unspecified atom stereocenters. The Hall–Kier alpha value is -2.82. The van der Waals surface area contributed by atoms with E-state index in [0.29, 0.717) is 16.4 Å². The Morgan fingerprint density at radius 1 is 0.963 bits per heavy atom. The van der Waals surface area contributed by atoms with Gasteiger partial charge in [-0.2, -0.15) is 0 Å². The molecule has 4 aromatic rings. The zero-order valence-electron chi connectivity index (χ0n) is 13.8. The van der Waals surface area contributed by atoms with Gasteiger partial charge in [0.2, 0.25) is 0 Å². The SMILES string of the molecule is O=[N+]([O-])c1ccc(-c2cc(-c3ccc(Cl)cc3)c3c([AsH2])ncnc3n2)cc1. The molecular formula is C19H12AsClN4O2. The summed E-state index contributed by atoms with van der Waals surface area (Å²) in [5, 5.41) is 12.4. The standard InChI is InChI=1S/C19H12AsClN4O2/c20-18-17-15(11-1-5-13(21)6-2-11)9-16(24-19(17)23-10-22-18)12-3-7-14(8-4-12)25(26)27/h1-10H,20H2. The van der Waals surface area contributed by atoms with Crippen molar-refractivity contribution in [3.8, 4) is 22.4 Å². The number of hydrogen-bond donors (Lipinski definition) is 0. The van der Waals surface area contributed by atoms with Crippen LogP contribution in [0.25, 0.3) is 33.4 Å². The van der Waals surface area contributed by atoms with Gasteiger partial charge in [-0.15, -0.1) is 0 Å². The van der Waals surface area contributed by atoms with Crippen molar-refractivity contribution in [2.75, 3.05) is 0 Å². The Bertz CT molecular complexity index is 1160. The fourth-order valence-corrected chi connectivity index (χ4v) is 3.71. The Morgan fingerprint density at radius 3 is 2.30 bits per heavy atom. The van der Waals surface area contributed by atoms with Crippen LogP contribution in [-0.4, -0.2) is 36.7 Å². The molecule has 0 amide bonds. The number of nitrogens with zero attached hydrogens (tertiary/aromatic N) is 4. The molecule has 0 spiro atoms. The molecule has 0 aliphatic carbocycles. The van der Waals surface area contributed by atoms with Crippen LogP contribution < -0.4 is 4.48 Å². The minimum atomic E-state index is -0.421. The first-order valence-electron chi connectivity index (χ1n) is 7.95. The van der Waals surface area contributed by atoms with E-state index in [0.717, 1.165) is 26.6 Å². The summed E-state index contributed by atoms with van der Waals surface area (Å²) in [4.78, 5) is 23.8. The number of halogens is 1. The van der Waals surface area contributed by atoms with Gasteiger partial charge in [-0.3, -0.25) is 0 Å². The predicted octanol–water partition coefficient (Wildman–Crippen LogP) is 3.18. The number of non-ortho nitro benzene ring substituents is 1. The summed E-state index contributed by atoms with van der Waals surface area (Å²) in [6.45, 7) is 0. The maximum atomic E-state index is 10.9. The van der Waals surface area contributed by atoms with Crippen molar-refractivity contribution in [3.05, 3.63) is 76.1 Å². The van der Waals surface area contributed by atoms with E-state index in [9.17, 15) is 10.1 Å². The van der Waals surface area contributed by atoms with Crippen LogP contribution in [0.4, 0.5) is 5.69 Å². The van der Waals surface area contributed by atoms with Crippen LogP contribution >= 0.6 is 11.6 Å². The fourth-order valence-electron chi connectivity index (χ4n) is 2.85. The second-order valence-electron chi connectivity index (χ2n) is 5.82. The van der Waals surface area contributed by atoms with Crippen LogP contribution in [0.5, 0.6) is 0 Å². The molecule has 0 saturated carbocycles. The summed E-state index contributed by atoms with van der Waals surface area (Å²) in [5.41, 5.74) is 4.02. The zero-order chi connectivity index (χ0) is 19.0. The summed E-state index contributed by atoms with van der Waals surface area (Å²) in [7, 11) is 0. The van der Waals surface area contributed by atoms with Gasteiger partial charge in [0.05, 0.1) is 0 Å². The van der Waals surface area contributed by atoms with E-state index in [1.807, 2.05) is 30.3 Å². The van der Waals surface area contributed by atoms with Gasteiger partial charge < -0.3 is 0 Å². The van der Waals surface area contributed by atoms with Crippen LogP contribution in [0.15, 0.2) is 60.9 Å². The molecule has 0 bridgehead atoms. The summed E-state index contributed by atoms with van der Waals surface area (Å²) >= 11 is 7.42. The van der Waals surface area contributed by atoms with E-state index in [2.05, 4.69) is 15.0 Å². The van der Waals surface area contributed by atoms with Gasteiger partial charge in [0.1, 0.15) is 0 Å². The minimum absolute atomic E-state index is 0.0401. The van der Waals surface area contributed by atoms with Crippen LogP contribution in [0.3, 0.4) is 0 Å². The van der Waals surface area contributed by atoms with Gasteiger partial charge in [0.25, 0.3) is 0 Å². The molecule has 0 aliphatic rings. The van der Waals surface area contributed by atoms with Crippen molar-refractivity contribution >= 4 is 49.7 Å². The van der Waals surface area contributed by atoms with Gasteiger partial charge in [-0.05, 0) is 0 Å². The van der Waals surface area contributed by atoms with E-state index >= 15 is 0 Å². The average Bonchev–Trinajstić information content (AvgIpc) is 2.68. The molecule has 0 radical (unpaired) electrons. The van der Waals surface area contributed by atoms with Crippen LogP contribution in [-0.2, 0) is 0 Å². The van der Waals surface area contributed by atoms with Gasteiger partial charge in [0, 0.05) is 0 Å². The number of nitro groups is 1. The molecular weight excluding hydrogens is 427 g/mol. The third kappa shape index (κ3) is 3.41. The first-order valence-corrected chi connectivity index (χ1v) is 9.54. The Morgan fingerprint density at radius 2 is 1.63 bits per heavy atom. The first-order chi connectivity index (χ1) is 13.0. The molecule has 2 aromatic carbocycles. The average molecular weight is 439 g/mol. The van der Waals surface area contributed by atoms with Crippen molar-refractivity contribution in [2.24, 2.45) is 0 Å². The Labute approximate surface area is 167 Å². The maximum absolute atomic E-state index is 10.9. The molecule has 8 heteroatoms. The molecule has 27 heavy (non-hydrogen) atoms. The number of hydrogen-bond acceptors (Lipinski definition) is 5. The van der Waals surface area contributed by atoms with Crippen molar-refractivity contribution in [1.29, 1.82) is 0 Å². The second-order valence-corrected chi connectivity index (χ2v) is 7.41. The van der Waals surface area contributed by atoms with Gasteiger partial charge in [0.15, 0.2) is 0 Å². The molecule has 0 fully saturated rings. The monoisotopic (exact) mass is 438 g/mol. The predicted molar refractivity (Wildman–Crippen MR) is 108 cm³/mol. The second kappa shape index (κ2) is 7.06. The molecule has 0 saturated heterocycles. The third-order valence-electron chi connectivity index (χ3n) is 4.16. The van der Waals surface area contributed by atoms with Crippen molar-refractivity contribution < 1.29 is 4.92 Å². The Balaban J connectivity index is 1.95. The van der Waals surface area contributed by atoms with Crippen molar-refractivity contribution in [3.63, 3.8) is 0 Å². The zero-order valence-corrected chi connectivity index (χ0v) is 17.0. The van der Waals surface area contributed by atoms with Crippen LogP contribution in [0, 0.1) is 10.1 Å². The van der Waals surface area contributed by atoms with E-state index in [1.165, 1.54) is 35.3 Å². The molecule has 0 N–H and O–H groups in total. The molecule has 6 nitrogen and oxygen atoms in total. The molecule has 1 atom stereocenters. The number of fused-ring (bicyclic) bond motifs is 1. The molecule has 2 heterocycles. The molecule has 4 rings (SSSR count). The van der Waals surface area contributed by atoms with Crippen molar-refractivity contribution in [2.45, 2.75) is 0 Å². The quantitative estimate of drug-likeness (QED) is 0.279. The van der Waals surface area contributed by atoms with Crippen LogP contribution in [0.2, 0.25) is 5.02 Å². The Kier molecular flexibility index (Phi) is 4.60. The number of aromatic nitrogens is 3. The van der Waals surface area contributed by atoms with E-state index in [-0.39, 0.29) is 5.69 Å². The molecule has 2 aromatic heterocycles. The summed E-state index contributed by atoms with van der Waals surface area (Å²) in [5.74, 6) is 0. The number of rotatable bonds is 3. The topological polar surface area (TPSA) is 81.8 Å². The van der Waals surface area contributed by atoms with E-state index in [4.69, 9.17) is 11.6 Å². The van der Waals surface area contributed by atoms with Gasteiger partial charge in [-0.25, -0.2) is 0 Å². The van der Waals surface area contributed by atoms with Crippen LogP contribution in [0.1, 0.15) is 0 Å². The van der Waals surface area contributed by atoms with Crippen molar-refractivity contribution in [1.82, 2.24) is 15.0 Å². The molecule has 0 aliphatic heterocycles. The summed E-state index contributed by atoms with van der Waals surface area (Å²) in [6.07, 6.45) is 1.50. The number of pyridine rings is 1. The normalized spacial score (nSPS) is 10.9. The van der Waals surface area contributed by atoms with E-state index < -0.39 is 4.92 Å². The first kappa shape index (κ1) is 17.6. The summed E-state index contributed by atoms with van der Waals surface area (Å²) in [6, 6.07) is 15.8. The van der Waals surface area contributed by atoms with Gasteiger partial charge >= 0.3 is 168 Å². The third-order valence-corrected chi connectivity index (χ3v) is 5.33. The fraction of sp³-hybridized carbons (Fsp3) is 0. The summed E-state index contributed by atoms with van der Waals surface area (Å²) < 4.78 is 0.889. The number of nitro benzene ring substituents is 1.